The molecule has 70 valence electrons. The summed E-state index contributed by atoms with van der Waals surface area (Å²) in [6.45, 7) is 2.97. The van der Waals surface area contributed by atoms with Gasteiger partial charge in [-0.05, 0) is 11.7 Å². The fourth-order valence-electron chi connectivity index (χ4n) is 1.16. The first-order chi connectivity index (χ1) is 6.31. The molecule has 0 spiro atoms. The van der Waals surface area contributed by atoms with Gasteiger partial charge in [0.2, 0.25) is 5.82 Å². The van der Waals surface area contributed by atoms with Gasteiger partial charge in [0.1, 0.15) is 6.07 Å². The number of hydrogen-bond donors (Lipinski definition) is 1. The molecule has 0 bridgehead atoms. The summed E-state index contributed by atoms with van der Waals surface area (Å²) in [5.41, 5.74) is 0. The van der Waals surface area contributed by atoms with Gasteiger partial charge in [-0.1, -0.05) is 13.3 Å². The van der Waals surface area contributed by atoms with E-state index in [9.17, 15) is 0 Å². The monoisotopic (exact) mass is 195 g/mol. The van der Waals surface area contributed by atoms with Crippen molar-refractivity contribution in [3.05, 3.63) is 18.2 Å². The van der Waals surface area contributed by atoms with E-state index in [1.165, 1.54) is 0 Å². The lowest BCUT2D eigenvalue weighted by Crippen LogP contribution is -2.12. The summed E-state index contributed by atoms with van der Waals surface area (Å²) in [5, 5.41) is 8.71. The van der Waals surface area contributed by atoms with Crippen LogP contribution in [0.3, 0.4) is 0 Å². The SMILES string of the molecule is CCC(CS)Cn1ccnc1C#N. The first-order valence-corrected chi connectivity index (χ1v) is 4.97. The van der Waals surface area contributed by atoms with E-state index in [1.54, 1.807) is 6.20 Å². The first-order valence-electron chi connectivity index (χ1n) is 4.33. The summed E-state index contributed by atoms with van der Waals surface area (Å²) in [5.74, 6) is 1.85. The minimum atomic E-state index is 0.486. The molecule has 1 atom stereocenters. The summed E-state index contributed by atoms with van der Waals surface area (Å²) >= 11 is 4.25. The van der Waals surface area contributed by atoms with Crippen LogP contribution in [0.25, 0.3) is 0 Å². The Morgan fingerprint density at radius 1 is 1.77 bits per heavy atom. The molecule has 1 unspecified atom stereocenters. The van der Waals surface area contributed by atoms with Crippen LogP contribution in [0.2, 0.25) is 0 Å². The molecule has 0 aromatic carbocycles. The Labute approximate surface area is 83.8 Å². The standard InChI is InChI=1S/C9H13N3S/c1-2-8(7-13)6-12-4-3-11-9(12)5-10/h3-4,8,13H,2,6-7H2,1H3. The maximum atomic E-state index is 8.71. The summed E-state index contributed by atoms with van der Waals surface area (Å²) < 4.78 is 1.88. The zero-order valence-electron chi connectivity index (χ0n) is 7.64. The molecule has 1 rings (SSSR count). The summed E-state index contributed by atoms with van der Waals surface area (Å²) in [7, 11) is 0. The van der Waals surface area contributed by atoms with Crippen LogP contribution in [-0.4, -0.2) is 15.3 Å². The number of rotatable bonds is 4. The van der Waals surface area contributed by atoms with Crippen LogP contribution in [0.15, 0.2) is 12.4 Å². The van der Waals surface area contributed by atoms with E-state index in [1.807, 2.05) is 10.8 Å². The molecule has 0 N–H and O–H groups in total. The maximum absolute atomic E-state index is 8.71. The highest BCUT2D eigenvalue weighted by molar-refractivity contribution is 7.80. The van der Waals surface area contributed by atoms with E-state index < -0.39 is 0 Å². The minimum absolute atomic E-state index is 0.486. The molecular formula is C9H13N3S. The fourth-order valence-corrected chi connectivity index (χ4v) is 1.54. The number of aromatic nitrogens is 2. The number of nitrogens with zero attached hydrogens (tertiary/aromatic N) is 3. The van der Waals surface area contributed by atoms with Crippen LogP contribution < -0.4 is 0 Å². The zero-order valence-corrected chi connectivity index (χ0v) is 8.54. The van der Waals surface area contributed by atoms with E-state index in [2.05, 4.69) is 30.6 Å². The van der Waals surface area contributed by atoms with Crippen molar-refractivity contribution < 1.29 is 0 Å². The normalized spacial score (nSPS) is 12.4. The van der Waals surface area contributed by atoms with Crippen molar-refractivity contribution in [3.8, 4) is 6.07 Å². The molecule has 1 aromatic heterocycles. The molecule has 0 aliphatic carbocycles. The van der Waals surface area contributed by atoms with Crippen molar-refractivity contribution >= 4 is 12.6 Å². The second-order valence-corrected chi connectivity index (χ2v) is 3.34. The van der Waals surface area contributed by atoms with E-state index in [0.29, 0.717) is 11.7 Å². The molecule has 0 aliphatic rings. The third-order valence-corrected chi connectivity index (χ3v) is 2.62. The van der Waals surface area contributed by atoms with Gasteiger partial charge in [-0.25, -0.2) is 4.98 Å². The Hall–Kier alpha value is -0.950. The van der Waals surface area contributed by atoms with Gasteiger partial charge in [0, 0.05) is 18.9 Å². The lowest BCUT2D eigenvalue weighted by Gasteiger charge is -2.12. The molecule has 0 fully saturated rings. The van der Waals surface area contributed by atoms with Gasteiger partial charge in [0.15, 0.2) is 0 Å². The molecule has 1 aromatic rings. The van der Waals surface area contributed by atoms with E-state index in [0.717, 1.165) is 18.7 Å². The summed E-state index contributed by atoms with van der Waals surface area (Å²) in [4.78, 5) is 3.93. The quantitative estimate of drug-likeness (QED) is 0.743. The van der Waals surface area contributed by atoms with Gasteiger partial charge in [0.25, 0.3) is 0 Å². The van der Waals surface area contributed by atoms with Gasteiger partial charge in [-0.3, -0.25) is 0 Å². The first kappa shape index (κ1) is 10.1. The molecule has 0 radical (unpaired) electrons. The van der Waals surface area contributed by atoms with Crippen LogP contribution in [-0.2, 0) is 6.54 Å². The van der Waals surface area contributed by atoms with Gasteiger partial charge in [-0.2, -0.15) is 17.9 Å². The maximum Gasteiger partial charge on any atom is 0.212 e. The highest BCUT2D eigenvalue weighted by Gasteiger charge is 2.07. The third-order valence-electron chi connectivity index (χ3n) is 2.11. The van der Waals surface area contributed by atoms with Crippen LogP contribution in [0.5, 0.6) is 0 Å². The second-order valence-electron chi connectivity index (χ2n) is 2.97. The minimum Gasteiger partial charge on any atom is -0.322 e. The highest BCUT2D eigenvalue weighted by atomic mass is 32.1. The number of hydrogen-bond acceptors (Lipinski definition) is 3. The van der Waals surface area contributed by atoms with E-state index in [4.69, 9.17) is 5.26 Å². The van der Waals surface area contributed by atoms with Crippen molar-refractivity contribution in [2.45, 2.75) is 19.9 Å². The number of nitriles is 1. The molecule has 4 heteroatoms. The van der Waals surface area contributed by atoms with Gasteiger partial charge < -0.3 is 4.57 Å². The molecular weight excluding hydrogens is 182 g/mol. The van der Waals surface area contributed by atoms with Crippen molar-refractivity contribution in [1.29, 1.82) is 5.26 Å². The lowest BCUT2D eigenvalue weighted by molar-refractivity contribution is 0.474. The largest absolute Gasteiger partial charge is 0.322 e. The van der Waals surface area contributed by atoms with Gasteiger partial charge in [0.05, 0.1) is 0 Å². The zero-order chi connectivity index (χ0) is 9.68. The molecule has 13 heavy (non-hydrogen) atoms. The summed E-state index contributed by atoms with van der Waals surface area (Å²) in [6, 6.07) is 2.06. The Bertz CT molecular complexity index is 296. The molecule has 0 saturated carbocycles. The van der Waals surface area contributed by atoms with Crippen LogP contribution in [0.4, 0.5) is 0 Å². The smallest absolute Gasteiger partial charge is 0.212 e. The van der Waals surface area contributed by atoms with E-state index in [-0.39, 0.29) is 0 Å². The van der Waals surface area contributed by atoms with Crippen molar-refractivity contribution in [3.63, 3.8) is 0 Å². The Morgan fingerprint density at radius 3 is 3.08 bits per heavy atom. The summed E-state index contributed by atoms with van der Waals surface area (Å²) in [6.07, 6.45) is 4.57. The van der Waals surface area contributed by atoms with Crippen molar-refractivity contribution in [2.24, 2.45) is 5.92 Å². The number of imidazole rings is 1. The van der Waals surface area contributed by atoms with Gasteiger partial charge >= 0.3 is 0 Å². The molecule has 0 saturated heterocycles. The van der Waals surface area contributed by atoms with Crippen molar-refractivity contribution in [1.82, 2.24) is 9.55 Å². The van der Waals surface area contributed by atoms with Crippen LogP contribution in [0, 0.1) is 17.2 Å². The topological polar surface area (TPSA) is 41.6 Å². The fraction of sp³-hybridized carbons (Fsp3) is 0.556. The third kappa shape index (κ3) is 2.49. The Balaban J connectivity index is 2.68. The molecule has 0 aliphatic heterocycles. The molecule has 1 heterocycles. The number of thiol groups is 1. The average molecular weight is 195 g/mol. The van der Waals surface area contributed by atoms with E-state index >= 15 is 0 Å². The highest BCUT2D eigenvalue weighted by Crippen LogP contribution is 2.09. The Morgan fingerprint density at radius 2 is 2.54 bits per heavy atom. The van der Waals surface area contributed by atoms with Crippen LogP contribution in [0.1, 0.15) is 19.2 Å². The van der Waals surface area contributed by atoms with Gasteiger partial charge in [-0.15, -0.1) is 0 Å². The predicted molar refractivity (Wildman–Crippen MR) is 54.6 cm³/mol. The second kappa shape index (κ2) is 4.93. The van der Waals surface area contributed by atoms with Crippen LogP contribution >= 0.6 is 12.6 Å². The lowest BCUT2D eigenvalue weighted by atomic mass is 10.1. The Kier molecular flexibility index (Phi) is 3.84. The van der Waals surface area contributed by atoms with Crippen molar-refractivity contribution in [2.75, 3.05) is 5.75 Å². The predicted octanol–water partition coefficient (Wildman–Crippen LogP) is 1.71. The average Bonchev–Trinajstić information content (AvgIpc) is 2.61. The molecule has 0 amide bonds. The molecule has 3 nitrogen and oxygen atoms in total.